The summed E-state index contributed by atoms with van der Waals surface area (Å²) in [7, 11) is 2.50. The molecule has 3 aromatic carbocycles. The number of benzene rings is 3. The summed E-state index contributed by atoms with van der Waals surface area (Å²) in [6.45, 7) is -0.983. The Bertz CT molecular complexity index is 1160. The third kappa shape index (κ3) is 6.39. The first-order chi connectivity index (χ1) is 17.9. The number of carbonyl (C=O) groups is 1. The first kappa shape index (κ1) is 28.8. The zero-order valence-corrected chi connectivity index (χ0v) is 20.3. The summed E-state index contributed by atoms with van der Waals surface area (Å²) in [5.41, 5.74) is -5.04. The van der Waals surface area contributed by atoms with Crippen LogP contribution in [0.3, 0.4) is 0 Å². The second-order valence-corrected chi connectivity index (χ2v) is 8.16. The lowest BCUT2D eigenvalue weighted by molar-refractivity contribution is -0.392. The van der Waals surface area contributed by atoms with E-state index in [1.54, 1.807) is 30.3 Å². The number of ether oxygens (including phenoxy) is 4. The van der Waals surface area contributed by atoms with Gasteiger partial charge in [0.2, 0.25) is 0 Å². The monoisotopic (exact) mass is 542 g/mol. The molecule has 1 atom stereocenters. The van der Waals surface area contributed by atoms with Crippen LogP contribution in [0.25, 0.3) is 0 Å². The van der Waals surface area contributed by atoms with Gasteiger partial charge < -0.3 is 18.9 Å². The number of rotatable bonds is 10. The molecule has 0 radical (unpaired) electrons. The second-order valence-electron chi connectivity index (χ2n) is 8.16. The molecule has 0 spiro atoms. The fourth-order valence-electron chi connectivity index (χ4n) is 3.71. The number of methoxy groups -OCH3 is 2. The molecule has 5 nitrogen and oxygen atoms in total. The third-order valence-electron chi connectivity index (χ3n) is 5.68. The first-order valence-corrected chi connectivity index (χ1v) is 11.2. The van der Waals surface area contributed by atoms with Crippen molar-refractivity contribution in [3.63, 3.8) is 0 Å². The minimum Gasteiger partial charge on any atom is -0.497 e. The number of alkyl halides is 6. The molecule has 3 rings (SSSR count). The van der Waals surface area contributed by atoms with E-state index in [0.717, 1.165) is 19.2 Å². The Morgan fingerprint density at radius 2 is 1.29 bits per heavy atom. The molecule has 11 heteroatoms. The van der Waals surface area contributed by atoms with Crippen molar-refractivity contribution in [2.24, 2.45) is 0 Å². The summed E-state index contributed by atoms with van der Waals surface area (Å²) >= 11 is 0. The highest BCUT2D eigenvalue weighted by Gasteiger charge is 2.73. The molecule has 0 aliphatic rings. The quantitative estimate of drug-likeness (QED) is 0.219. The van der Waals surface area contributed by atoms with Crippen molar-refractivity contribution in [3.05, 3.63) is 95.6 Å². The van der Waals surface area contributed by atoms with Crippen LogP contribution in [-0.2, 0) is 32.9 Å². The molecule has 0 fully saturated rings. The lowest BCUT2D eigenvalue weighted by Crippen LogP contribution is -2.55. The van der Waals surface area contributed by atoms with Crippen LogP contribution in [0.1, 0.15) is 16.7 Å². The fourth-order valence-corrected chi connectivity index (χ4v) is 3.71. The van der Waals surface area contributed by atoms with Gasteiger partial charge in [-0.1, -0.05) is 54.6 Å². The molecule has 0 aromatic heterocycles. The predicted octanol–water partition coefficient (Wildman–Crippen LogP) is 6.40. The van der Waals surface area contributed by atoms with E-state index < -0.39 is 42.2 Å². The average molecular weight is 542 g/mol. The molecule has 0 saturated carbocycles. The van der Waals surface area contributed by atoms with E-state index in [1.807, 2.05) is 0 Å². The van der Waals surface area contributed by atoms with Gasteiger partial charge in [-0.2, -0.15) is 26.3 Å². The van der Waals surface area contributed by atoms with E-state index in [0.29, 0.717) is 23.4 Å². The number of hydrogen-bond acceptors (Lipinski definition) is 5. The van der Waals surface area contributed by atoms with Crippen LogP contribution in [0.5, 0.6) is 11.5 Å². The Kier molecular flexibility index (Phi) is 8.93. The highest BCUT2D eigenvalue weighted by molar-refractivity contribution is 5.75. The lowest BCUT2D eigenvalue weighted by Gasteiger charge is -2.37. The SMILES string of the molecule is COC(=O)[C@@H](Cc1ccccc1)Oc1ccc(C(OCc2ccc(OC)cc2)(C(F)(F)F)C(F)(F)F)cc1. The minimum absolute atomic E-state index is 0.0648. The maximum Gasteiger partial charge on any atom is 0.430 e. The number of esters is 1. The largest absolute Gasteiger partial charge is 0.497 e. The molecule has 3 aromatic rings. The van der Waals surface area contributed by atoms with Gasteiger partial charge in [-0.05, 0) is 35.4 Å². The highest BCUT2D eigenvalue weighted by Crippen LogP contribution is 2.53. The van der Waals surface area contributed by atoms with E-state index in [9.17, 15) is 31.1 Å². The van der Waals surface area contributed by atoms with Crippen molar-refractivity contribution in [3.8, 4) is 11.5 Å². The molecular weight excluding hydrogens is 518 g/mol. The van der Waals surface area contributed by atoms with E-state index >= 15 is 0 Å². The smallest absolute Gasteiger partial charge is 0.430 e. The van der Waals surface area contributed by atoms with Crippen LogP contribution in [-0.4, -0.2) is 38.6 Å². The molecule has 0 unspecified atom stereocenters. The Morgan fingerprint density at radius 3 is 1.79 bits per heavy atom. The minimum atomic E-state index is -5.86. The molecule has 0 heterocycles. The summed E-state index contributed by atoms with van der Waals surface area (Å²) in [5, 5.41) is 0. The fraction of sp³-hybridized carbons (Fsp3) is 0.296. The Balaban J connectivity index is 1.91. The maximum absolute atomic E-state index is 14.1. The molecule has 0 aliphatic heterocycles. The van der Waals surface area contributed by atoms with Crippen molar-refractivity contribution < 1.29 is 50.1 Å². The van der Waals surface area contributed by atoms with Crippen LogP contribution in [0.15, 0.2) is 78.9 Å². The summed E-state index contributed by atoms with van der Waals surface area (Å²) < 4.78 is 105. The lowest BCUT2D eigenvalue weighted by atomic mass is 9.91. The first-order valence-electron chi connectivity index (χ1n) is 11.2. The van der Waals surface area contributed by atoms with Crippen molar-refractivity contribution in [1.29, 1.82) is 0 Å². The van der Waals surface area contributed by atoms with Gasteiger partial charge in [0.05, 0.1) is 20.8 Å². The third-order valence-corrected chi connectivity index (χ3v) is 5.68. The molecule has 204 valence electrons. The van der Waals surface area contributed by atoms with Crippen molar-refractivity contribution in [1.82, 2.24) is 0 Å². The zero-order valence-electron chi connectivity index (χ0n) is 20.3. The second kappa shape index (κ2) is 11.8. The number of halogens is 6. The van der Waals surface area contributed by atoms with E-state index in [-0.39, 0.29) is 17.7 Å². The zero-order chi connectivity index (χ0) is 28.0. The van der Waals surface area contributed by atoms with Gasteiger partial charge in [-0.3, -0.25) is 0 Å². The Labute approximate surface area is 214 Å². The van der Waals surface area contributed by atoms with Gasteiger partial charge in [-0.15, -0.1) is 0 Å². The number of carbonyl (C=O) groups excluding carboxylic acids is 1. The van der Waals surface area contributed by atoms with E-state index in [2.05, 4.69) is 4.74 Å². The van der Waals surface area contributed by atoms with Gasteiger partial charge in [0, 0.05) is 12.0 Å². The molecular formula is C27H24F6O5. The van der Waals surface area contributed by atoms with Crippen LogP contribution in [0.2, 0.25) is 0 Å². The van der Waals surface area contributed by atoms with Crippen molar-refractivity contribution >= 4 is 5.97 Å². The molecule has 0 amide bonds. The molecule has 38 heavy (non-hydrogen) atoms. The standard InChI is InChI=1S/C27H24F6O5/c1-35-21-12-8-19(9-13-21)17-37-25(26(28,29)30,27(31,32)33)20-10-14-22(15-11-20)38-23(24(34)36-2)16-18-6-4-3-5-7-18/h3-15,23H,16-17H2,1-2H3/t23-/m1/s1. The summed E-state index contributed by atoms with van der Waals surface area (Å²) in [6, 6.07) is 17.1. The van der Waals surface area contributed by atoms with Crippen LogP contribution in [0.4, 0.5) is 26.3 Å². The predicted molar refractivity (Wildman–Crippen MR) is 125 cm³/mol. The Hall–Kier alpha value is -3.73. The summed E-state index contributed by atoms with van der Waals surface area (Å²) in [6.07, 6.45) is -12.8. The average Bonchev–Trinajstić information content (AvgIpc) is 2.88. The van der Waals surface area contributed by atoms with Gasteiger partial charge in [0.25, 0.3) is 5.60 Å². The molecule has 0 N–H and O–H groups in total. The van der Waals surface area contributed by atoms with Crippen LogP contribution in [0, 0.1) is 0 Å². The van der Waals surface area contributed by atoms with E-state index in [1.165, 1.54) is 31.4 Å². The summed E-state index contributed by atoms with van der Waals surface area (Å²) in [4.78, 5) is 12.2. The van der Waals surface area contributed by atoms with E-state index in [4.69, 9.17) is 14.2 Å². The number of hydrogen-bond donors (Lipinski definition) is 0. The topological polar surface area (TPSA) is 54.0 Å². The van der Waals surface area contributed by atoms with Gasteiger partial charge in [-0.25, -0.2) is 4.79 Å². The van der Waals surface area contributed by atoms with Crippen LogP contribution >= 0.6 is 0 Å². The maximum atomic E-state index is 14.1. The van der Waals surface area contributed by atoms with Crippen LogP contribution < -0.4 is 9.47 Å². The van der Waals surface area contributed by atoms with Crippen molar-refractivity contribution in [2.45, 2.75) is 37.1 Å². The normalized spacial score (nSPS) is 13.1. The van der Waals surface area contributed by atoms with Crippen molar-refractivity contribution in [2.75, 3.05) is 14.2 Å². The Morgan fingerprint density at radius 1 is 0.737 bits per heavy atom. The highest BCUT2D eigenvalue weighted by atomic mass is 19.4. The van der Waals surface area contributed by atoms with Gasteiger partial charge in [0.15, 0.2) is 6.10 Å². The molecule has 0 aliphatic carbocycles. The van der Waals surface area contributed by atoms with Gasteiger partial charge >= 0.3 is 18.3 Å². The molecule has 0 bridgehead atoms. The van der Waals surface area contributed by atoms with Gasteiger partial charge in [0.1, 0.15) is 11.5 Å². The molecule has 0 saturated heterocycles. The summed E-state index contributed by atoms with van der Waals surface area (Å²) in [5.74, 6) is -0.520.